The molecule has 6 heteroatoms. The van der Waals surface area contributed by atoms with E-state index < -0.39 is 10.0 Å². The first-order valence-electron chi connectivity index (χ1n) is 8.31. The Morgan fingerprint density at radius 1 is 0.955 bits per heavy atom. The van der Waals surface area contributed by atoms with E-state index in [9.17, 15) is 8.42 Å². The lowest BCUT2D eigenvalue weighted by atomic mass is 10.1. The minimum atomic E-state index is -3.37. The molecule has 0 radical (unpaired) electrons. The molecule has 0 aromatic carbocycles. The molecule has 0 saturated carbocycles. The quantitative estimate of drug-likeness (QED) is 0.462. The lowest BCUT2D eigenvalue weighted by Crippen LogP contribution is -2.23. The summed E-state index contributed by atoms with van der Waals surface area (Å²) in [6.45, 7) is 2.75. The monoisotopic (exact) mass is 365 g/mol. The highest BCUT2D eigenvalue weighted by Crippen LogP contribution is 2.25. The van der Waals surface area contributed by atoms with Crippen molar-refractivity contribution in [3.05, 3.63) is 16.5 Å². The first-order chi connectivity index (χ1) is 10.6. The number of rotatable bonds is 13. The molecule has 0 fully saturated rings. The molecular weight excluding hydrogens is 338 g/mol. The fourth-order valence-corrected chi connectivity index (χ4v) is 4.93. The van der Waals surface area contributed by atoms with Crippen LogP contribution in [0.5, 0.6) is 0 Å². The number of nitrogens with one attached hydrogen (secondary N) is 1. The van der Waals surface area contributed by atoms with E-state index in [0.717, 1.165) is 24.2 Å². The topological polar surface area (TPSA) is 46.2 Å². The van der Waals surface area contributed by atoms with Crippen molar-refractivity contribution in [3.8, 4) is 0 Å². The summed E-state index contributed by atoms with van der Waals surface area (Å²) >= 11 is 6.86. The fraction of sp³-hybridized carbons (Fsp3) is 0.750. The van der Waals surface area contributed by atoms with Crippen LogP contribution in [0.4, 0.5) is 0 Å². The molecule has 0 atom stereocenters. The van der Waals surface area contributed by atoms with Crippen LogP contribution in [0.25, 0.3) is 0 Å². The van der Waals surface area contributed by atoms with Crippen molar-refractivity contribution in [3.63, 3.8) is 0 Å². The molecule has 0 aliphatic heterocycles. The largest absolute Gasteiger partial charge is 0.250 e. The second-order valence-electron chi connectivity index (χ2n) is 5.64. The molecule has 0 unspecified atom stereocenters. The van der Waals surface area contributed by atoms with Gasteiger partial charge in [-0.2, -0.15) is 0 Å². The van der Waals surface area contributed by atoms with E-state index in [0.29, 0.717) is 15.1 Å². The second kappa shape index (κ2) is 11.4. The highest BCUT2D eigenvalue weighted by atomic mass is 35.5. The number of unbranched alkanes of at least 4 members (excludes halogenated alkanes) is 9. The Morgan fingerprint density at radius 3 is 2.00 bits per heavy atom. The van der Waals surface area contributed by atoms with Gasteiger partial charge >= 0.3 is 0 Å². The van der Waals surface area contributed by atoms with Gasteiger partial charge in [0.25, 0.3) is 0 Å². The minimum Gasteiger partial charge on any atom is -0.210 e. The number of hydrogen-bond donors (Lipinski definition) is 1. The van der Waals surface area contributed by atoms with Crippen LogP contribution < -0.4 is 4.72 Å². The van der Waals surface area contributed by atoms with Gasteiger partial charge < -0.3 is 0 Å². The first kappa shape index (κ1) is 19.9. The Morgan fingerprint density at radius 2 is 1.50 bits per heavy atom. The lowest BCUT2D eigenvalue weighted by molar-refractivity contribution is 0.549. The predicted molar refractivity (Wildman–Crippen MR) is 96.4 cm³/mol. The van der Waals surface area contributed by atoms with Crippen molar-refractivity contribution < 1.29 is 8.42 Å². The van der Waals surface area contributed by atoms with E-state index in [1.54, 1.807) is 12.1 Å². The van der Waals surface area contributed by atoms with Crippen molar-refractivity contribution in [2.75, 3.05) is 6.54 Å². The molecule has 1 rings (SSSR count). The van der Waals surface area contributed by atoms with Gasteiger partial charge in [0.2, 0.25) is 10.0 Å². The molecule has 0 aliphatic rings. The third-order valence-corrected chi connectivity index (χ3v) is 6.82. The van der Waals surface area contributed by atoms with Crippen LogP contribution in [0.1, 0.15) is 71.1 Å². The third kappa shape index (κ3) is 8.51. The Balaban J connectivity index is 1.99. The summed E-state index contributed by atoms with van der Waals surface area (Å²) in [5, 5.41) is 0. The van der Waals surface area contributed by atoms with E-state index in [1.165, 1.54) is 51.4 Å². The first-order valence-corrected chi connectivity index (χ1v) is 11.0. The number of halogens is 1. The standard InChI is InChI=1S/C16H28ClNO2S2/c1-2-3-4-5-6-7-8-9-10-11-14-18-22(19,20)16-13-12-15(17)21-16/h12-13,18H,2-11,14H2,1H3. The van der Waals surface area contributed by atoms with Crippen LogP contribution in [-0.4, -0.2) is 15.0 Å². The molecule has 3 nitrogen and oxygen atoms in total. The number of thiophene rings is 1. The zero-order chi connectivity index (χ0) is 16.3. The molecule has 0 aliphatic carbocycles. The predicted octanol–water partition coefficient (Wildman–Crippen LogP) is 5.60. The maximum atomic E-state index is 11.9. The number of hydrogen-bond acceptors (Lipinski definition) is 3. The van der Waals surface area contributed by atoms with Gasteiger partial charge in [-0.3, -0.25) is 0 Å². The minimum absolute atomic E-state index is 0.296. The molecule has 0 amide bonds. The van der Waals surface area contributed by atoms with Crippen LogP contribution >= 0.6 is 22.9 Å². The molecule has 0 spiro atoms. The van der Waals surface area contributed by atoms with E-state index in [-0.39, 0.29) is 0 Å². The smallest absolute Gasteiger partial charge is 0.210 e. The summed E-state index contributed by atoms with van der Waals surface area (Å²) in [6.07, 6.45) is 12.5. The summed E-state index contributed by atoms with van der Waals surface area (Å²) in [6, 6.07) is 3.16. The van der Waals surface area contributed by atoms with Gasteiger partial charge in [-0.25, -0.2) is 13.1 Å². The Kier molecular flexibility index (Phi) is 10.4. The molecule has 0 saturated heterocycles. The summed E-state index contributed by atoms with van der Waals surface area (Å²) in [4.78, 5) is 0. The Labute approximate surface area is 144 Å². The van der Waals surface area contributed by atoms with Crippen molar-refractivity contribution in [1.82, 2.24) is 4.72 Å². The third-order valence-electron chi connectivity index (χ3n) is 3.64. The maximum absolute atomic E-state index is 11.9. The van der Waals surface area contributed by atoms with Gasteiger partial charge in [-0.1, -0.05) is 76.3 Å². The molecule has 1 N–H and O–H groups in total. The van der Waals surface area contributed by atoms with Crippen LogP contribution in [0.15, 0.2) is 16.3 Å². The zero-order valence-electron chi connectivity index (χ0n) is 13.4. The normalized spacial score (nSPS) is 11.9. The zero-order valence-corrected chi connectivity index (χ0v) is 15.8. The van der Waals surface area contributed by atoms with E-state index in [2.05, 4.69) is 11.6 Å². The van der Waals surface area contributed by atoms with Crippen molar-refractivity contribution in [2.45, 2.75) is 75.3 Å². The van der Waals surface area contributed by atoms with E-state index in [1.807, 2.05) is 0 Å². The maximum Gasteiger partial charge on any atom is 0.250 e. The highest BCUT2D eigenvalue weighted by Gasteiger charge is 2.15. The lowest BCUT2D eigenvalue weighted by Gasteiger charge is -2.05. The van der Waals surface area contributed by atoms with Gasteiger partial charge in [0.1, 0.15) is 4.21 Å². The molecular formula is C16H28ClNO2S2. The summed E-state index contributed by atoms with van der Waals surface area (Å²) in [5.74, 6) is 0. The Hall–Kier alpha value is -0.100. The molecule has 128 valence electrons. The summed E-state index contributed by atoms with van der Waals surface area (Å²) in [5.41, 5.74) is 0. The molecule has 1 aromatic heterocycles. The molecule has 0 bridgehead atoms. The number of sulfonamides is 1. The van der Waals surface area contributed by atoms with E-state index in [4.69, 9.17) is 11.6 Å². The average Bonchev–Trinajstić information content (AvgIpc) is 2.92. The van der Waals surface area contributed by atoms with Crippen LogP contribution in [-0.2, 0) is 10.0 Å². The SMILES string of the molecule is CCCCCCCCCCCCNS(=O)(=O)c1ccc(Cl)s1. The van der Waals surface area contributed by atoms with E-state index >= 15 is 0 Å². The van der Waals surface area contributed by atoms with Crippen molar-refractivity contribution in [1.29, 1.82) is 0 Å². The molecule has 22 heavy (non-hydrogen) atoms. The highest BCUT2D eigenvalue weighted by molar-refractivity contribution is 7.91. The van der Waals surface area contributed by atoms with Gasteiger partial charge in [-0.15, -0.1) is 11.3 Å². The van der Waals surface area contributed by atoms with Gasteiger partial charge in [0.15, 0.2) is 0 Å². The summed E-state index contributed by atoms with van der Waals surface area (Å²) < 4.78 is 27.3. The summed E-state index contributed by atoms with van der Waals surface area (Å²) in [7, 11) is -3.37. The van der Waals surface area contributed by atoms with Crippen LogP contribution in [0.3, 0.4) is 0 Å². The molecule has 1 heterocycles. The van der Waals surface area contributed by atoms with Crippen LogP contribution in [0.2, 0.25) is 4.34 Å². The van der Waals surface area contributed by atoms with Gasteiger partial charge in [-0.05, 0) is 18.6 Å². The average molecular weight is 366 g/mol. The van der Waals surface area contributed by atoms with Crippen molar-refractivity contribution >= 4 is 33.0 Å². The van der Waals surface area contributed by atoms with Crippen molar-refractivity contribution in [2.24, 2.45) is 0 Å². The Bertz CT molecular complexity index is 500. The van der Waals surface area contributed by atoms with Gasteiger partial charge in [0.05, 0.1) is 4.34 Å². The fourth-order valence-electron chi connectivity index (χ4n) is 2.33. The van der Waals surface area contributed by atoms with Crippen LogP contribution in [0, 0.1) is 0 Å². The van der Waals surface area contributed by atoms with Gasteiger partial charge in [0, 0.05) is 6.54 Å². The molecule has 1 aromatic rings. The second-order valence-corrected chi connectivity index (χ2v) is 9.35.